The molecule has 0 spiro atoms. The summed E-state index contributed by atoms with van der Waals surface area (Å²) in [6, 6.07) is 13.6. The Morgan fingerprint density at radius 2 is 2.00 bits per heavy atom. The van der Waals surface area contributed by atoms with Gasteiger partial charge in [0.2, 0.25) is 5.91 Å². The van der Waals surface area contributed by atoms with Crippen molar-refractivity contribution in [1.29, 1.82) is 0 Å². The van der Waals surface area contributed by atoms with Crippen molar-refractivity contribution in [2.24, 2.45) is 5.73 Å². The van der Waals surface area contributed by atoms with Crippen molar-refractivity contribution in [2.75, 3.05) is 6.54 Å². The van der Waals surface area contributed by atoms with Gasteiger partial charge in [-0.05, 0) is 40.5 Å². The largest absolute Gasteiger partial charge is 0.338 e. The van der Waals surface area contributed by atoms with Crippen LogP contribution in [0.3, 0.4) is 0 Å². The molecule has 0 aliphatic heterocycles. The molecule has 21 heavy (non-hydrogen) atoms. The summed E-state index contributed by atoms with van der Waals surface area (Å²) in [7, 11) is 0. The first-order chi connectivity index (χ1) is 10.1. The van der Waals surface area contributed by atoms with Crippen LogP contribution in [0.25, 0.3) is 0 Å². The van der Waals surface area contributed by atoms with Crippen LogP contribution in [-0.2, 0) is 11.3 Å². The number of carbonyl (C=O) groups excluding carboxylic acids is 1. The number of amides is 1. The summed E-state index contributed by atoms with van der Waals surface area (Å²) in [6.07, 6.45) is 0.338. The predicted molar refractivity (Wildman–Crippen MR) is 91.1 cm³/mol. The highest BCUT2D eigenvalue weighted by Gasteiger charge is 2.17. The highest BCUT2D eigenvalue weighted by molar-refractivity contribution is 9.11. The number of carbonyl (C=O) groups is 1. The molecule has 1 aromatic carbocycles. The predicted octanol–water partition coefficient (Wildman–Crippen LogP) is 3.95. The second-order valence-corrected chi connectivity index (χ2v) is 7.38. The maximum atomic E-state index is 12.4. The summed E-state index contributed by atoms with van der Waals surface area (Å²) in [5.74, 6) is 0.0957. The molecule has 0 saturated carbocycles. The summed E-state index contributed by atoms with van der Waals surface area (Å²) in [4.78, 5) is 15.4. The van der Waals surface area contributed by atoms with E-state index in [1.165, 1.54) is 4.88 Å². The van der Waals surface area contributed by atoms with Gasteiger partial charge in [-0.3, -0.25) is 4.79 Å². The Labute approximate surface area is 137 Å². The second kappa shape index (κ2) is 7.73. The highest BCUT2D eigenvalue weighted by atomic mass is 79.9. The van der Waals surface area contributed by atoms with Gasteiger partial charge in [0.1, 0.15) is 0 Å². The van der Waals surface area contributed by atoms with Crippen LogP contribution in [0.5, 0.6) is 0 Å². The standard InChI is InChI=1S/C16H19BrN2OS/c1-2-19(11-13-8-9-15(17)21-13)16(20)10-14(18)12-6-4-3-5-7-12/h3-9,14H,2,10-11,18H2,1H3. The third kappa shape index (κ3) is 4.66. The van der Waals surface area contributed by atoms with E-state index in [4.69, 9.17) is 5.73 Å². The van der Waals surface area contributed by atoms with Gasteiger partial charge in [0, 0.05) is 23.9 Å². The minimum absolute atomic E-state index is 0.0957. The van der Waals surface area contributed by atoms with Crippen LogP contribution in [0.15, 0.2) is 46.3 Å². The molecule has 0 aliphatic carbocycles. The Balaban J connectivity index is 1.97. The first-order valence-electron chi connectivity index (χ1n) is 6.92. The Morgan fingerprint density at radius 1 is 1.29 bits per heavy atom. The van der Waals surface area contributed by atoms with E-state index >= 15 is 0 Å². The van der Waals surface area contributed by atoms with Gasteiger partial charge in [-0.25, -0.2) is 0 Å². The summed E-state index contributed by atoms with van der Waals surface area (Å²) >= 11 is 5.10. The molecule has 1 heterocycles. The lowest BCUT2D eigenvalue weighted by atomic mass is 10.0. The van der Waals surface area contributed by atoms with E-state index in [2.05, 4.69) is 15.9 Å². The molecular formula is C16H19BrN2OS. The third-order valence-corrected chi connectivity index (χ3v) is 4.94. The molecule has 112 valence electrons. The summed E-state index contributed by atoms with van der Waals surface area (Å²) < 4.78 is 1.09. The number of halogens is 1. The average Bonchev–Trinajstić information content (AvgIpc) is 2.90. The van der Waals surface area contributed by atoms with Crippen LogP contribution in [0.1, 0.15) is 29.8 Å². The van der Waals surface area contributed by atoms with Gasteiger partial charge in [-0.2, -0.15) is 0 Å². The molecular weight excluding hydrogens is 348 g/mol. The minimum atomic E-state index is -0.247. The smallest absolute Gasteiger partial charge is 0.224 e. The van der Waals surface area contributed by atoms with E-state index < -0.39 is 0 Å². The number of benzene rings is 1. The molecule has 1 atom stereocenters. The molecule has 0 fully saturated rings. The fourth-order valence-corrected chi connectivity index (χ4v) is 3.64. The van der Waals surface area contributed by atoms with Crippen molar-refractivity contribution < 1.29 is 4.79 Å². The SMILES string of the molecule is CCN(Cc1ccc(Br)s1)C(=O)CC(N)c1ccccc1. The van der Waals surface area contributed by atoms with Gasteiger partial charge in [0.25, 0.3) is 0 Å². The van der Waals surface area contributed by atoms with Crippen LogP contribution in [-0.4, -0.2) is 17.4 Å². The van der Waals surface area contributed by atoms with Gasteiger partial charge in [-0.1, -0.05) is 30.3 Å². The third-order valence-electron chi connectivity index (χ3n) is 3.33. The number of rotatable bonds is 6. The van der Waals surface area contributed by atoms with Crippen LogP contribution in [0, 0.1) is 0 Å². The number of nitrogens with two attached hydrogens (primary N) is 1. The quantitative estimate of drug-likeness (QED) is 0.840. The maximum Gasteiger partial charge on any atom is 0.224 e. The Bertz CT molecular complexity index is 585. The Morgan fingerprint density at radius 3 is 2.57 bits per heavy atom. The lowest BCUT2D eigenvalue weighted by Gasteiger charge is -2.22. The molecule has 1 unspecified atom stereocenters. The Hall–Kier alpha value is -1.17. The van der Waals surface area contributed by atoms with Crippen molar-refractivity contribution in [3.8, 4) is 0 Å². The minimum Gasteiger partial charge on any atom is -0.338 e. The summed E-state index contributed by atoms with van der Waals surface area (Å²) in [5, 5.41) is 0. The first-order valence-corrected chi connectivity index (χ1v) is 8.53. The highest BCUT2D eigenvalue weighted by Crippen LogP contribution is 2.24. The Kier molecular flexibility index (Phi) is 5.96. The molecule has 0 bridgehead atoms. The zero-order chi connectivity index (χ0) is 15.2. The fourth-order valence-electron chi connectivity index (χ4n) is 2.14. The monoisotopic (exact) mass is 366 g/mol. The van der Waals surface area contributed by atoms with E-state index in [9.17, 15) is 4.79 Å². The van der Waals surface area contributed by atoms with Gasteiger partial charge in [-0.15, -0.1) is 11.3 Å². The lowest BCUT2D eigenvalue weighted by molar-refractivity contribution is -0.132. The van der Waals surface area contributed by atoms with Crippen LogP contribution in [0.2, 0.25) is 0 Å². The number of nitrogens with zero attached hydrogens (tertiary/aromatic N) is 1. The molecule has 3 nitrogen and oxygen atoms in total. The molecule has 1 amide bonds. The van der Waals surface area contributed by atoms with Crippen molar-refractivity contribution in [2.45, 2.75) is 25.9 Å². The molecule has 2 rings (SSSR count). The first kappa shape index (κ1) is 16.2. The normalized spacial score (nSPS) is 12.1. The number of thiophene rings is 1. The molecule has 0 radical (unpaired) electrons. The molecule has 0 aliphatic rings. The zero-order valence-corrected chi connectivity index (χ0v) is 14.4. The molecule has 0 saturated heterocycles. The van der Waals surface area contributed by atoms with Gasteiger partial charge in [0.05, 0.1) is 10.3 Å². The number of hydrogen-bond donors (Lipinski definition) is 1. The van der Waals surface area contributed by atoms with Crippen molar-refractivity contribution >= 4 is 33.2 Å². The molecule has 2 N–H and O–H groups in total. The van der Waals surface area contributed by atoms with Gasteiger partial charge < -0.3 is 10.6 Å². The fraction of sp³-hybridized carbons (Fsp3) is 0.312. The lowest BCUT2D eigenvalue weighted by Crippen LogP contribution is -2.32. The van der Waals surface area contributed by atoms with E-state index in [0.717, 1.165) is 9.35 Å². The van der Waals surface area contributed by atoms with Gasteiger partial charge >= 0.3 is 0 Å². The maximum absolute atomic E-state index is 12.4. The van der Waals surface area contributed by atoms with Crippen LogP contribution < -0.4 is 5.73 Å². The van der Waals surface area contributed by atoms with E-state index in [0.29, 0.717) is 19.5 Å². The summed E-state index contributed by atoms with van der Waals surface area (Å²) in [5.41, 5.74) is 7.13. The topological polar surface area (TPSA) is 46.3 Å². The molecule has 5 heteroatoms. The van der Waals surface area contributed by atoms with Crippen molar-refractivity contribution in [3.05, 3.63) is 56.7 Å². The van der Waals surface area contributed by atoms with Crippen LogP contribution >= 0.6 is 27.3 Å². The van der Waals surface area contributed by atoms with Crippen molar-refractivity contribution in [1.82, 2.24) is 4.90 Å². The van der Waals surface area contributed by atoms with E-state index in [1.54, 1.807) is 11.3 Å². The zero-order valence-electron chi connectivity index (χ0n) is 12.0. The van der Waals surface area contributed by atoms with Gasteiger partial charge in [0.15, 0.2) is 0 Å². The van der Waals surface area contributed by atoms with Crippen LogP contribution in [0.4, 0.5) is 0 Å². The average molecular weight is 367 g/mol. The van der Waals surface area contributed by atoms with E-state index in [-0.39, 0.29) is 11.9 Å². The molecule has 2 aromatic rings. The summed E-state index contributed by atoms with van der Waals surface area (Å²) in [6.45, 7) is 3.33. The van der Waals surface area contributed by atoms with Crippen molar-refractivity contribution in [3.63, 3.8) is 0 Å². The molecule has 1 aromatic heterocycles. The van der Waals surface area contributed by atoms with E-state index in [1.807, 2.05) is 54.3 Å². The second-order valence-electron chi connectivity index (χ2n) is 4.84. The number of hydrogen-bond acceptors (Lipinski definition) is 3.